The highest BCUT2D eigenvalue weighted by atomic mass is 15.0. The van der Waals surface area contributed by atoms with Crippen molar-refractivity contribution in [2.24, 2.45) is 0 Å². The Morgan fingerprint density at radius 3 is 2.02 bits per heavy atom. The molecule has 0 aliphatic carbocycles. The lowest BCUT2D eigenvalue weighted by atomic mass is 9.70. The molecule has 2 heteroatoms. The summed E-state index contributed by atoms with van der Waals surface area (Å²) in [7, 11) is 0. The molecule has 1 aliphatic rings. The second-order valence-electron chi connectivity index (χ2n) is 11.2. The van der Waals surface area contributed by atoms with Gasteiger partial charge in [-0.25, -0.2) is 0 Å². The van der Waals surface area contributed by atoms with E-state index in [9.17, 15) is 0 Å². The molecule has 0 bridgehead atoms. The van der Waals surface area contributed by atoms with Crippen LogP contribution in [0.2, 0.25) is 0 Å². The van der Waals surface area contributed by atoms with E-state index < -0.39 is 0 Å². The van der Waals surface area contributed by atoms with E-state index in [0.717, 1.165) is 0 Å². The summed E-state index contributed by atoms with van der Waals surface area (Å²) >= 11 is 0. The van der Waals surface area contributed by atoms with Gasteiger partial charge in [0.25, 0.3) is 0 Å². The second kappa shape index (κ2) is 9.25. The lowest BCUT2D eigenvalue weighted by molar-refractivity contribution is 0.516. The van der Waals surface area contributed by atoms with Gasteiger partial charge in [-0.05, 0) is 53.4 Å². The Labute approximate surface area is 240 Å². The van der Waals surface area contributed by atoms with Gasteiger partial charge in [0.15, 0.2) is 0 Å². The summed E-state index contributed by atoms with van der Waals surface area (Å²) in [6.45, 7) is 2.42. The fraction of sp³-hybridized carbons (Fsp3) is 0.0769. The highest BCUT2D eigenvalue weighted by Crippen LogP contribution is 2.56. The quantitative estimate of drug-likeness (QED) is 0.241. The molecule has 2 nitrogen and oxygen atoms in total. The summed E-state index contributed by atoms with van der Waals surface area (Å²) in [5.74, 6) is 0. The molecule has 0 radical (unpaired) electrons. The number of hydrogen-bond donors (Lipinski definition) is 1. The van der Waals surface area contributed by atoms with Crippen LogP contribution in [0.5, 0.6) is 0 Å². The Kier molecular flexibility index (Phi) is 5.36. The molecule has 0 saturated carbocycles. The molecule has 1 N–H and O–H groups in total. The molecular formula is C39H30N2. The van der Waals surface area contributed by atoms with Crippen LogP contribution in [0.15, 0.2) is 152 Å². The molecule has 0 spiro atoms. The number of hydrogen-bond acceptors (Lipinski definition) is 1. The van der Waals surface area contributed by atoms with Crippen LogP contribution < -0.4 is 5.32 Å². The maximum atomic E-state index is 3.98. The van der Waals surface area contributed by atoms with Gasteiger partial charge in [-0.2, -0.15) is 0 Å². The number of nitrogens with zero attached hydrogens (tertiary/aromatic N) is 1. The molecule has 0 amide bonds. The topological polar surface area (TPSA) is 17.0 Å². The first-order valence-corrected chi connectivity index (χ1v) is 14.3. The number of para-hydroxylation sites is 1. The lowest BCUT2D eigenvalue weighted by Gasteiger charge is -2.34. The first kappa shape index (κ1) is 23.8. The zero-order valence-electron chi connectivity index (χ0n) is 23.0. The zero-order valence-corrected chi connectivity index (χ0v) is 23.0. The van der Waals surface area contributed by atoms with E-state index in [1.165, 1.54) is 61.0 Å². The smallest absolute Gasteiger partial charge is 0.0650 e. The molecule has 6 aromatic carbocycles. The van der Waals surface area contributed by atoms with Gasteiger partial charge in [0.2, 0.25) is 0 Å². The highest BCUT2D eigenvalue weighted by Gasteiger charge is 2.47. The van der Waals surface area contributed by atoms with Gasteiger partial charge < -0.3 is 9.88 Å². The standard InChI is InChI=1S/C39H30N2/c1-39(30-19-9-4-10-20-30)36-34(40-38(39)28-16-7-3-8-17-28)25-24-33-32-22-11-12-23-35(32)41(37(33)36)31-21-13-18-29(26-31)27-14-5-2-6-15-27/h2-26,38,40H,1H3. The van der Waals surface area contributed by atoms with Gasteiger partial charge in [-0.3, -0.25) is 0 Å². The molecule has 2 unspecified atom stereocenters. The van der Waals surface area contributed by atoms with Crippen molar-refractivity contribution >= 4 is 27.5 Å². The SMILES string of the molecule is CC1(c2ccccc2)c2c(ccc3c4ccccc4n(-c4cccc(-c5ccccc5)c4)c23)NC1c1ccccc1. The zero-order chi connectivity index (χ0) is 27.4. The molecule has 2 atom stereocenters. The normalized spacial score (nSPS) is 17.9. The van der Waals surface area contributed by atoms with Crippen molar-refractivity contribution < 1.29 is 0 Å². The molecule has 7 aromatic rings. The van der Waals surface area contributed by atoms with E-state index in [1.807, 2.05) is 0 Å². The van der Waals surface area contributed by atoms with Gasteiger partial charge in [0, 0.05) is 33.1 Å². The van der Waals surface area contributed by atoms with Gasteiger partial charge >= 0.3 is 0 Å². The Balaban J connectivity index is 1.47. The van der Waals surface area contributed by atoms with Crippen molar-refractivity contribution in [3.05, 3.63) is 168 Å². The lowest BCUT2D eigenvalue weighted by Crippen LogP contribution is -2.30. The summed E-state index contributed by atoms with van der Waals surface area (Å²) < 4.78 is 2.49. The third-order valence-electron chi connectivity index (χ3n) is 8.95. The first-order valence-electron chi connectivity index (χ1n) is 14.3. The average Bonchev–Trinajstić information content (AvgIpc) is 3.55. The van der Waals surface area contributed by atoms with E-state index in [0.29, 0.717) is 0 Å². The van der Waals surface area contributed by atoms with Crippen LogP contribution in [-0.2, 0) is 5.41 Å². The van der Waals surface area contributed by atoms with Crippen molar-refractivity contribution in [1.82, 2.24) is 4.57 Å². The Morgan fingerprint density at radius 1 is 0.585 bits per heavy atom. The second-order valence-corrected chi connectivity index (χ2v) is 11.2. The molecule has 8 rings (SSSR count). The molecule has 1 aromatic heterocycles. The van der Waals surface area contributed by atoms with E-state index in [4.69, 9.17) is 0 Å². The van der Waals surface area contributed by atoms with Crippen LogP contribution in [0.4, 0.5) is 5.69 Å². The fourth-order valence-corrected chi connectivity index (χ4v) is 7.03. The minimum atomic E-state index is -0.305. The maximum Gasteiger partial charge on any atom is 0.0650 e. The first-order chi connectivity index (χ1) is 20.2. The van der Waals surface area contributed by atoms with Crippen molar-refractivity contribution in [3.63, 3.8) is 0 Å². The Bertz CT molecular complexity index is 2020. The average molecular weight is 527 g/mol. The Morgan fingerprint density at radius 2 is 1.24 bits per heavy atom. The minimum Gasteiger partial charge on any atom is -0.377 e. The largest absolute Gasteiger partial charge is 0.377 e. The van der Waals surface area contributed by atoms with Crippen LogP contribution in [0, 0.1) is 0 Å². The van der Waals surface area contributed by atoms with Gasteiger partial charge in [0.1, 0.15) is 0 Å². The summed E-state index contributed by atoms with van der Waals surface area (Å²) in [6, 6.07) is 55.0. The number of anilines is 1. The number of benzene rings is 6. The molecule has 41 heavy (non-hydrogen) atoms. The van der Waals surface area contributed by atoms with Crippen LogP contribution in [0.1, 0.15) is 29.7 Å². The number of rotatable bonds is 4. The van der Waals surface area contributed by atoms with E-state index in [2.05, 4.69) is 168 Å². The Hall–Kier alpha value is -5.08. The van der Waals surface area contributed by atoms with Gasteiger partial charge in [-0.1, -0.05) is 127 Å². The number of aromatic nitrogens is 1. The van der Waals surface area contributed by atoms with Crippen LogP contribution in [0.3, 0.4) is 0 Å². The summed E-state index contributed by atoms with van der Waals surface area (Å²) in [4.78, 5) is 0. The van der Waals surface area contributed by atoms with Crippen molar-refractivity contribution in [2.75, 3.05) is 5.32 Å². The van der Waals surface area contributed by atoms with Crippen LogP contribution >= 0.6 is 0 Å². The van der Waals surface area contributed by atoms with Gasteiger partial charge in [-0.15, -0.1) is 0 Å². The van der Waals surface area contributed by atoms with E-state index >= 15 is 0 Å². The highest BCUT2D eigenvalue weighted by molar-refractivity contribution is 6.12. The molecular weight excluding hydrogens is 496 g/mol. The predicted octanol–water partition coefficient (Wildman–Crippen LogP) is 9.92. The van der Waals surface area contributed by atoms with Crippen molar-refractivity contribution in [3.8, 4) is 16.8 Å². The molecule has 1 aliphatic heterocycles. The molecule has 2 heterocycles. The summed E-state index contributed by atoms with van der Waals surface area (Å²) in [6.07, 6.45) is 0. The summed E-state index contributed by atoms with van der Waals surface area (Å²) in [5, 5.41) is 6.53. The van der Waals surface area contributed by atoms with E-state index in [1.54, 1.807) is 0 Å². The van der Waals surface area contributed by atoms with Crippen LogP contribution in [-0.4, -0.2) is 4.57 Å². The van der Waals surface area contributed by atoms with Crippen molar-refractivity contribution in [1.29, 1.82) is 0 Å². The predicted molar refractivity (Wildman–Crippen MR) is 172 cm³/mol. The molecule has 0 saturated heterocycles. The monoisotopic (exact) mass is 526 g/mol. The third kappa shape index (κ3) is 3.57. The van der Waals surface area contributed by atoms with E-state index in [-0.39, 0.29) is 11.5 Å². The number of nitrogens with one attached hydrogen (secondary N) is 1. The maximum absolute atomic E-state index is 3.98. The molecule has 0 fully saturated rings. The van der Waals surface area contributed by atoms with Gasteiger partial charge in [0.05, 0.1) is 17.1 Å². The minimum absolute atomic E-state index is 0.0915. The molecule has 196 valence electrons. The fourth-order valence-electron chi connectivity index (χ4n) is 7.03. The number of fused-ring (bicyclic) bond motifs is 5. The summed E-state index contributed by atoms with van der Waals surface area (Å²) in [5.41, 5.74) is 10.9. The van der Waals surface area contributed by atoms with Crippen molar-refractivity contribution in [2.45, 2.75) is 18.4 Å². The third-order valence-corrected chi connectivity index (χ3v) is 8.95. The van der Waals surface area contributed by atoms with Crippen LogP contribution in [0.25, 0.3) is 38.6 Å².